The van der Waals surface area contributed by atoms with Gasteiger partial charge in [-0.1, -0.05) is 71.2 Å². The topological polar surface area (TPSA) is 29.3 Å². The van der Waals surface area contributed by atoms with Gasteiger partial charge < -0.3 is 5.73 Å². The fraction of sp³-hybridized carbons (Fsp3) is 0.217. The molecule has 0 fully saturated rings. The standard InChI is InChI=1S/C23H21Cl3N2/c24-19-8-7-16(23(26)11-19)10-20(27)14-28-12-17-6-5-15(9-18(17)13-28)21-3-1-2-4-22(21)25/h1-9,11,20H,10,12-14,27H2/t20-/m1/s1. The van der Waals surface area contributed by atoms with Gasteiger partial charge in [0.2, 0.25) is 0 Å². The van der Waals surface area contributed by atoms with E-state index in [1.807, 2.05) is 30.3 Å². The summed E-state index contributed by atoms with van der Waals surface area (Å²) in [5.41, 5.74) is 12.4. The lowest BCUT2D eigenvalue weighted by Crippen LogP contribution is -2.36. The number of benzene rings is 3. The maximum Gasteiger partial charge on any atom is 0.0484 e. The van der Waals surface area contributed by atoms with Crippen LogP contribution in [0.2, 0.25) is 15.1 Å². The van der Waals surface area contributed by atoms with E-state index in [1.54, 1.807) is 6.07 Å². The van der Waals surface area contributed by atoms with Gasteiger partial charge in [0.25, 0.3) is 0 Å². The molecule has 28 heavy (non-hydrogen) atoms. The van der Waals surface area contributed by atoms with Crippen molar-refractivity contribution in [3.8, 4) is 11.1 Å². The molecule has 0 amide bonds. The number of halogens is 3. The third-order valence-corrected chi connectivity index (χ3v) is 6.09. The molecule has 3 aromatic carbocycles. The second kappa shape index (κ2) is 8.44. The summed E-state index contributed by atoms with van der Waals surface area (Å²) in [6, 6.07) is 20.2. The molecular formula is C23H21Cl3N2. The number of nitrogens with two attached hydrogens (primary N) is 1. The summed E-state index contributed by atoms with van der Waals surface area (Å²) in [7, 11) is 0. The van der Waals surface area contributed by atoms with E-state index >= 15 is 0 Å². The molecule has 2 nitrogen and oxygen atoms in total. The molecule has 0 radical (unpaired) electrons. The lowest BCUT2D eigenvalue weighted by atomic mass is 10.0. The third kappa shape index (κ3) is 4.37. The maximum absolute atomic E-state index is 6.42. The van der Waals surface area contributed by atoms with Gasteiger partial charge in [-0.3, -0.25) is 4.90 Å². The first-order valence-corrected chi connectivity index (χ1v) is 10.4. The lowest BCUT2D eigenvalue weighted by molar-refractivity contribution is 0.264. The Hall–Kier alpha value is -1.55. The lowest BCUT2D eigenvalue weighted by Gasteiger charge is -2.20. The van der Waals surface area contributed by atoms with Crippen molar-refractivity contribution in [1.82, 2.24) is 4.90 Å². The van der Waals surface area contributed by atoms with E-state index in [4.69, 9.17) is 40.5 Å². The van der Waals surface area contributed by atoms with E-state index in [0.29, 0.717) is 10.0 Å². The van der Waals surface area contributed by atoms with Crippen LogP contribution in [0.4, 0.5) is 0 Å². The van der Waals surface area contributed by atoms with Crippen LogP contribution in [0.15, 0.2) is 60.7 Å². The SMILES string of the molecule is N[C@H](Cc1ccc(Cl)cc1Cl)CN1Cc2ccc(-c3ccccc3Cl)cc2C1. The Bertz CT molecular complexity index is 1000. The first-order chi connectivity index (χ1) is 13.5. The highest BCUT2D eigenvalue weighted by Gasteiger charge is 2.22. The summed E-state index contributed by atoms with van der Waals surface area (Å²) in [6.45, 7) is 2.63. The maximum atomic E-state index is 6.42. The van der Waals surface area contributed by atoms with Gasteiger partial charge in [0.1, 0.15) is 0 Å². The van der Waals surface area contributed by atoms with Crippen molar-refractivity contribution in [2.45, 2.75) is 25.6 Å². The molecule has 144 valence electrons. The number of rotatable bonds is 5. The molecular weight excluding hydrogens is 411 g/mol. The second-order valence-corrected chi connectivity index (χ2v) is 8.58. The van der Waals surface area contributed by atoms with Crippen molar-refractivity contribution in [3.05, 3.63) is 92.4 Å². The summed E-state index contributed by atoms with van der Waals surface area (Å²) >= 11 is 18.6. The molecule has 0 aromatic heterocycles. The molecule has 1 aliphatic rings. The van der Waals surface area contributed by atoms with Crippen molar-refractivity contribution in [2.75, 3.05) is 6.54 Å². The average Bonchev–Trinajstić information content (AvgIpc) is 3.05. The minimum atomic E-state index is 0.0102. The average molecular weight is 432 g/mol. The van der Waals surface area contributed by atoms with Gasteiger partial charge in [0.15, 0.2) is 0 Å². The van der Waals surface area contributed by atoms with Crippen LogP contribution in [0.5, 0.6) is 0 Å². The van der Waals surface area contributed by atoms with Crippen molar-refractivity contribution in [3.63, 3.8) is 0 Å². The van der Waals surface area contributed by atoms with Crippen LogP contribution >= 0.6 is 34.8 Å². The molecule has 3 aromatic rings. The van der Waals surface area contributed by atoms with Gasteiger partial charge in [-0.25, -0.2) is 0 Å². The normalized spacial score (nSPS) is 14.9. The fourth-order valence-corrected chi connectivity index (χ4v) is 4.55. The van der Waals surface area contributed by atoms with Crippen LogP contribution in [0.3, 0.4) is 0 Å². The van der Waals surface area contributed by atoms with Crippen molar-refractivity contribution in [1.29, 1.82) is 0 Å². The predicted molar refractivity (Wildman–Crippen MR) is 119 cm³/mol. The van der Waals surface area contributed by atoms with Crippen molar-refractivity contribution in [2.24, 2.45) is 5.73 Å². The monoisotopic (exact) mass is 430 g/mol. The largest absolute Gasteiger partial charge is 0.326 e. The molecule has 1 aliphatic heterocycles. The van der Waals surface area contributed by atoms with Crippen LogP contribution < -0.4 is 5.73 Å². The third-order valence-electron chi connectivity index (χ3n) is 5.17. The minimum absolute atomic E-state index is 0.0102. The molecule has 4 rings (SSSR count). The summed E-state index contributed by atoms with van der Waals surface area (Å²) in [6.07, 6.45) is 0.730. The number of hydrogen-bond acceptors (Lipinski definition) is 2. The van der Waals surface area contributed by atoms with E-state index in [-0.39, 0.29) is 6.04 Å². The van der Waals surface area contributed by atoms with E-state index in [0.717, 1.165) is 47.8 Å². The second-order valence-electron chi connectivity index (χ2n) is 7.33. The number of hydrogen-bond donors (Lipinski definition) is 1. The summed E-state index contributed by atoms with van der Waals surface area (Å²) in [5.74, 6) is 0. The van der Waals surface area contributed by atoms with Gasteiger partial charge >= 0.3 is 0 Å². The molecule has 1 atom stereocenters. The van der Waals surface area contributed by atoms with Crippen molar-refractivity contribution < 1.29 is 0 Å². The fourth-order valence-electron chi connectivity index (χ4n) is 3.82. The first-order valence-electron chi connectivity index (χ1n) is 9.28. The van der Waals surface area contributed by atoms with Gasteiger partial charge in [-0.05, 0) is 52.9 Å². The Morgan fingerprint density at radius 3 is 2.43 bits per heavy atom. The molecule has 5 heteroatoms. The van der Waals surface area contributed by atoms with E-state index in [2.05, 4.69) is 29.2 Å². The highest BCUT2D eigenvalue weighted by Crippen LogP contribution is 2.32. The zero-order valence-electron chi connectivity index (χ0n) is 15.3. The number of fused-ring (bicyclic) bond motifs is 1. The Balaban J connectivity index is 1.43. The van der Waals surface area contributed by atoms with Crippen LogP contribution in [-0.4, -0.2) is 17.5 Å². The van der Waals surface area contributed by atoms with Crippen LogP contribution in [0, 0.1) is 0 Å². The molecule has 0 saturated carbocycles. The Labute approximate surface area is 180 Å². The quantitative estimate of drug-likeness (QED) is 0.521. The van der Waals surface area contributed by atoms with Crippen molar-refractivity contribution >= 4 is 34.8 Å². The van der Waals surface area contributed by atoms with E-state index < -0.39 is 0 Å². The highest BCUT2D eigenvalue weighted by molar-refractivity contribution is 6.35. The Morgan fingerprint density at radius 1 is 0.857 bits per heavy atom. The Kier molecular flexibility index (Phi) is 5.96. The zero-order valence-corrected chi connectivity index (χ0v) is 17.6. The molecule has 0 spiro atoms. The summed E-state index contributed by atoms with van der Waals surface area (Å²) in [5, 5.41) is 2.10. The highest BCUT2D eigenvalue weighted by atomic mass is 35.5. The van der Waals surface area contributed by atoms with Crippen LogP contribution in [0.25, 0.3) is 11.1 Å². The molecule has 1 heterocycles. The number of nitrogens with zero attached hydrogens (tertiary/aromatic N) is 1. The smallest absolute Gasteiger partial charge is 0.0484 e. The van der Waals surface area contributed by atoms with Crippen LogP contribution in [-0.2, 0) is 19.5 Å². The summed E-state index contributed by atoms with van der Waals surface area (Å²) in [4.78, 5) is 2.38. The van der Waals surface area contributed by atoms with E-state index in [9.17, 15) is 0 Å². The zero-order chi connectivity index (χ0) is 19.7. The molecule has 0 unspecified atom stereocenters. The summed E-state index contributed by atoms with van der Waals surface area (Å²) < 4.78 is 0. The predicted octanol–water partition coefficient (Wildman–Crippen LogP) is 6.20. The first kappa shape index (κ1) is 19.8. The molecule has 0 saturated heterocycles. The Morgan fingerprint density at radius 2 is 1.64 bits per heavy atom. The van der Waals surface area contributed by atoms with Gasteiger partial charge in [-0.15, -0.1) is 0 Å². The van der Waals surface area contributed by atoms with Crippen LogP contribution in [0.1, 0.15) is 16.7 Å². The van der Waals surface area contributed by atoms with E-state index in [1.165, 1.54) is 11.1 Å². The van der Waals surface area contributed by atoms with Gasteiger partial charge in [0, 0.05) is 46.3 Å². The molecule has 0 aliphatic carbocycles. The molecule has 0 bridgehead atoms. The molecule has 2 N–H and O–H groups in total. The minimum Gasteiger partial charge on any atom is -0.326 e. The van der Waals surface area contributed by atoms with Gasteiger partial charge in [-0.2, -0.15) is 0 Å². The van der Waals surface area contributed by atoms with Gasteiger partial charge in [0.05, 0.1) is 0 Å².